The quantitative estimate of drug-likeness (QED) is 0.551. The number of nitrogens with one attached hydrogen (secondary N) is 1. The summed E-state index contributed by atoms with van der Waals surface area (Å²) >= 11 is 0. The van der Waals surface area contributed by atoms with Gasteiger partial charge in [-0.05, 0) is 6.92 Å². The summed E-state index contributed by atoms with van der Waals surface area (Å²) in [6.45, 7) is 1.99. The zero-order valence-electron chi connectivity index (χ0n) is 7.29. The fraction of sp³-hybridized carbons (Fsp3) is 0.250. The summed E-state index contributed by atoms with van der Waals surface area (Å²) < 4.78 is 9.06. The Labute approximate surface area is 74.7 Å². The van der Waals surface area contributed by atoms with Gasteiger partial charge in [-0.2, -0.15) is 0 Å². The average molecular weight is 183 g/mol. The molecular weight excluding hydrogens is 174 g/mol. The van der Waals surface area contributed by atoms with Crippen LogP contribution >= 0.6 is 0 Å². The molecule has 5 heteroatoms. The summed E-state index contributed by atoms with van der Waals surface area (Å²) in [5.41, 5.74) is 0.865. The predicted octanol–water partition coefficient (Wildman–Crippen LogP) is 0.645. The van der Waals surface area contributed by atoms with Crippen molar-refractivity contribution in [2.75, 3.05) is 7.11 Å². The van der Waals surface area contributed by atoms with Gasteiger partial charge in [0.2, 0.25) is 0 Å². The third kappa shape index (κ3) is 1.87. The summed E-state index contributed by atoms with van der Waals surface area (Å²) in [6.07, 6.45) is 0. The first-order valence-corrected chi connectivity index (χ1v) is 3.57. The van der Waals surface area contributed by atoms with Crippen LogP contribution in [0.25, 0.3) is 0 Å². The van der Waals surface area contributed by atoms with Gasteiger partial charge in [0.15, 0.2) is 5.75 Å². The van der Waals surface area contributed by atoms with Crippen LogP contribution in [0.5, 0.6) is 5.75 Å². The number of ether oxygens (including phenoxy) is 2. The third-order valence-electron chi connectivity index (χ3n) is 1.55. The number of aryl methyl sites for hydroxylation is 1. The first-order chi connectivity index (χ1) is 6.19. The number of aromatic amines is 1. The fourth-order valence-electron chi connectivity index (χ4n) is 0.933. The van der Waals surface area contributed by atoms with Crippen LogP contribution in [-0.4, -0.2) is 24.5 Å². The van der Waals surface area contributed by atoms with E-state index in [0.29, 0.717) is 17.9 Å². The molecule has 0 unspecified atom stereocenters. The van der Waals surface area contributed by atoms with E-state index in [0.717, 1.165) is 0 Å². The highest BCUT2D eigenvalue weighted by atomic mass is 16.5. The monoisotopic (exact) mass is 183 g/mol. The molecule has 0 saturated carbocycles. The van der Waals surface area contributed by atoms with E-state index in [1.807, 2.05) is 0 Å². The minimum Gasteiger partial charge on any atom is -0.464 e. The molecule has 0 atom stereocenters. The normalized spacial score (nSPS) is 9.38. The molecule has 0 bridgehead atoms. The van der Waals surface area contributed by atoms with Crippen molar-refractivity contribution in [3.8, 4) is 5.75 Å². The lowest BCUT2D eigenvalue weighted by atomic mass is 10.4. The molecule has 0 radical (unpaired) electrons. The van der Waals surface area contributed by atoms with Crippen molar-refractivity contribution in [3.63, 3.8) is 0 Å². The Balaban J connectivity index is 2.94. The minimum absolute atomic E-state index is 0.261. The molecule has 1 N–H and O–H groups in total. The van der Waals surface area contributed by atoms with Gasteiger partial charge in [0.1, 0.15) is 5.69 Å². The van der Waals surface area contributed by atoms with Crippen LogP contribution in [0.1, 0.15) is 16.2 Å². The predicted molar refractivity (Wildman–Crippen MR) is 43.6 cm³/mol. The summed E-state index contributed by atoms with van der Waals surface area (Å²) in [4.78, 5) is 23.7. The van der Waals surface area contributed by atoms with E-state index in [1.165, 1.54) is 13.2 Å². The smallest absolute Gasteiger partial charge is 0.354 e. The van der Waals surface area contributed by atoms with Crippen molar-refractivity contribution in [2.45, 2.75) is 6.92 Å². The largest absolute Gasteiger partial charge is 0.464 e. The van der Waals surface area contributed by atoms with Gasteiger partial charge in [0.05, 0.1) is 12.8 Å². The molecular formula is C8H9NO4. The van der Waals surface area contributed by atoms with Crippen LogP contribution < -0.4 is 4.74 Å². The van der Waals surface area contributed by atoms with Gasteiger partial charge >= 0.3 is 5.97 Å². The van der Waals surface area contributed by atoms with Crippen molar-refractivity contribution < 1.29 is 19.1 Å². The maximum atomic E-state index is 11.0. The molecule has 0 aliphatic heterocycles. The van der Waals surface area contributed by atoms with Crippen LogP contribution in [-0.2, 0) is 9.53 Å². The van der Waals surface area contributed by atoms with Gasteiger partial charge in [-0.25, -0.2) is 4.79 Å². The Hall–Kier alpha value is -1.78. The molecule has 70 valence electrons. The van der Waals surface area contributed by atoms with Crippen LogP contribution in [0.2, 0.25) is 0 Å². The molecule has 1 rings (SSSR count). The first-order valence-electron chi connectivity index (χ1n) is 3.57. The molecule has 0 amide bonds. The highest BCUT2D eigenvalue weighted by Crippen LogP contribution is 2.18. The van der Waals surface area contributed by atoms with Crippen molar-refractivity contribution in [2.24, 2.45) is 0 Å². The van der Waals surface area contributed by atoms with Gasteiger partial charge in [-0.3, -0.25) is 4.79 Å². The lowest BCUT2D eigenvalue weighted by Crippen LogP contribution is -2.00. The number of hydrogen-bond acceptors (Lipinski definition) is 4. The molecule has 0 spiro atoms. The molecule has 0 fully saturated rings. The maximum Gasteiger partial charge on any atom is 0.354 e. The molecule has 1 aromatic rings. The standard InChI is InChI=1S/C8H9NO4/c1-5-7(13-4-10)3-6(9-5)8(11)12-2/h3-4,9H,1-2H3. The second-order valence-electron chi connectivity index (χ2n) is 2.38. The molecule has 0 saturated heterocycles. The number of carbonyl (C=O) groups is 2. The second-order valence-corrected chi connectivity index (χ2v) is 2.38. The van der Waals surface area contributed by atoms with Crippen molar-refractivity contribution in [3.05, 3.63) is 17.5 Å². The van der Waals surface area contributed by atoms with E-state index in [9.17, 15) is 9.59 Å². The van der Waals surface area contributed by atoms with E-state index in [1.54, 1.807) is 6.92 Å². The Bertz CT molecular complexity index is 329. The van der Waals surface area contributed by atoms with E-state index in [4.69, 9.17) is 0 Å². The SMILES string of the molecule is COC(=O)c1cc(OC=O)c(C)[nH]1. The summed E-state index contributed by atoms with van der Waals surface area (Å²) in [7, 11) is 1.28. The fourth-order valence-corrected chi connectivity index (χ4v) is 0.933. The van der Waals surface area contributed by atoms with Gasteiger partial charge in [0.25, 0.3) is 6.47 Å². The topological polar surface area (TPSA) is 68.4 Å². The van der Waals surface area contributed by atoms with Crippen LogP contribution in [0.4, 0.5) is 0 Å². The number of hydrogen-bond donors (Lipinski definition) is 1. The Morgan fingerprint density at radius 2 is 2.31 bits per heavy atom. The number of rotatable bonds is 3. The van der Waals surface area contributed by atoms with Gasteiger partial charge in [-0.1, -0.05) is 0 Å². The van der Waals surface area contributed by atoms with Crippen LogP contribution in [0.3, 0.4) is 0 Å². The Morgan fingerprint density at radius 3 is 2.85 bits per heavy atom. The highest BCUT2D eigenvalue weighted by molar-refractivity contribution is 5.88. The van der Waals surface area contributed by atoms with E-state index in [2.05, 4.69) is 14.5 Å². The average Bonchev–Trinajstić information content (AvgIpc) is 2.47. The molecule has 0 aliphatic carbocycles. The first kappa shape index (κ1) is 9.31. The van der Waals surface area contributed by atoms with E-state index in [-0.39, 0.29) is 5.69 Å². The molecule has 0 aromatic carbocycles. The number of esters is 1. The number of aromatic nitrogens is 1. The van der Waals surface area contributed by atoms with E-state index >= 15 is 0 Å². The molecule has 13 heavy (non-hydrogen) atoms. The molecule has 0 aliphatic rings. The lowest BCUT2D eigenvalue weighted by Gasteiger charge is -1.91. The Kier molecular flexibility index (Phi) is 2.69. The summed E-state index contributed by atoms with van der Waals surface area (Å²) in [5, 5.41) is 0. The Morgan fingerprint density at radius 1 is 1.62 bits per heavy atom. The van der Waals surface area contributed by atoms with Crippen LogP contribution in [0, 0.1) is 6.92 Å². The summed E-state index contributed by atoms with van der Waals surface area (Å²) in [5.74, 6) is -0.167. The number of carbonyl (C=O) groups excluding carboxylic acids is 2. The number of methoxy groups -OCH3 is 1. The zero-order valence-corrected chi connectivity index (χ0v) is 7.29. The van der Waals surface area contributed by atoms with Crippen molar-refractivity contribution in [1.82, 2.24) is 4.98 Å². The number of H-pyrrole nitrogens is 1. The third-order valence-corrected chi connectivity index (χ3v) is 1.55. The minimum atomic E-state index is -0.496. The van der Waals surface area contributed by atoms with E-state index < -0.39 is 5.97 Å². The van der Waals surface area contributed by atoms with Crippen molar-refractivity contribution in [1.29, 1.82) is 0 Å². The zero-order chi connectivity index (χ0) is 9.84. The summed E-state index contributed by atoms with van der Waals surface area (Å²) in [6, 6.07) is 1.41. The lowest BCUT2D eigenvalue weighted by molar-refractivity contribution is -0.120. The highest BCUT2D eigenvalue weighted by Gasteiger charge is 2.11. The van der Waals surface area contributed by atoms with Gasteiger partial charge < -0.3 is 14.5 Å². The molecule has 1 aromatic heterocycles. The van der Waals surface area contributed by atoms with Gasteiger partial charge in [-0.15, -0.1) is 0 Å². The second kappa shape index (κ2) is 3.75. The maximum absolute atomic E-state index is 11.0. The molecule has 1 heterocycles. The van der Waals surface area contributed by atoms with Crippen molar-refractivity contribution >= 4 is 12.4 Å². The molecule has 5 nitrogen and oxygen atoms in total. The van der Waals surface area contributed by atoms with Crippen LogP contribution in [0.15, 0.2) is 6.07 Å². The van der Waals surface area contributed by atoms with Gasteiger partial charge in [0, 0.05) is 6.07 Å².